The fraction of sp³-hybridized carbons (Fsp3) is 0.296. The lowest BCUT2D eigenvalue weighted by Crippen LogP contribution is -2.50. The molecule has 2 heterocycles. The van der Waals surface area contributed by atoms with Crippen molar-refractivity contribution in [1.82, 2.24) is 15.1 Å². The zero-order valence-corrected chi connectivity index (χ0v) is 19.4. The van der Waals surface area contributed by atoms with Crippen molar-refractivity contribution in [1.29, 1.82) is 0 Å². The first kappa shape index (κ1) is 22.7. The molecule has 1 aliphatic heterocycles. The molecule has 35 heavy (non-hydrogen) atoms. The van der Waals surface area contributed by atoms with E-state index in [1.165, 1.54) is 9.58 Å². The van der Waals surface area contributed by atoms with Crippen LogP contribution in [0.1, 0.15) is 36.0 Å². The monoisotopic (exact) mass is 470 g/mol. The van der Waals surface area contributed by atoms with Gasteiger partial charge in [0.1, 0.15) is 24.0 Å². The Labute approximate surface area is 203 Å². The standard InChI is InChI=1S/C27H26N4O4/c1-30-23-15-20(10-13-27(34)11-5-12-27)8-9-24(23)35-18-22(25(30)32)29-26(33)31-17-21(16-28-31)14-19-6-3-2-4-7-19/h2-4,6-9,15-17,22,34H,5,11-12,14,18H2,1H3,(H,29,33)/t22-/m0/s1. The molecule has 2 amide bonds. The predicted molar refractivity (Wildman–Crippen MR) is 130 cm³/mol. The molecule has 1 aliphatic carbocycles. The quantitative estimate of drug-likeness (QED) is 0.574. The van der Waals surface area contributed by atoms with Gasteiger partial charge in [0.25, 0.3) is 5.91 Å². The van der Waals surface area contributed by atoms with Crippen molar-refractivity contribution in [2.24, 2.45) is 0 Å². The molecular formula is C27H26N4O4. The van der Waals surface area contributed by atoms with Crippen molar-refractivity contribution in [2.75, 3.05) is 18.6 Å². The number of ether oxygens (including phenoxy) is 1. The molecule has 1 fully saturated rings. The topological polar surface area (TPSA) is 96.7 Å². The second-order valence-corrected chi connectivity index (χ2v) is 8.98. The molecule has 8 heteroatoms. The molecule has 2 aromatic carbocycles. The van der Waals surface area contributed by atoms with Crippen LogP contribution < -0.4 is 15.0 Å². The summed E-state index contributed by atoms with van der Waals surface area (Å²) in [7, 11) is 1.64. The summed E-state index contributed by atoms with van der Waals surface area (Å²) < 4.78 is 7.05. The van der Waals surface area contributed by atoms with Gasteiger partial charge in [-0.3, -0.25) is 4.79 Å². The molecule has 0 radical (unpaired) electrons. The first-order valence-electron chi connectivity index (χ1n) is 11.6. The molecule has 178 valence electrons. The van der Waals surface area contributed by atoms with Gasteiger partial charge in [0.15, 0.2) is 0 Å². The lowest BCUT2D eigenvalue weighted by atomic mass is 9.81. The van der Waals surface area contributed by atoms with Gasteiger partial charge in [-0.2, -0.15) is 9.78 Å². The van der Waals surface area contributed by atoms with E-state index in [0.717, 1.165) is 17.5 Å². The van der Waals surface area contributed by atoms with Crippen molar-refractivity contribution in [2.45, 2.75) is 37.3 Å². The predicted octanol–water partition coefficient (Wildman–Crippen LogP) is 2.72. The Morgan fingerprint density at radius 2 is 2.03 bits per heavy atom. The SMILES string of the molecule is CN1C(=O)[C@@H](NC(=O)n2cc(Cc3ccccc3)cn2)COc2ccc(C#CC3(O)CCC3)cc21. The molecule has 5 rings (SSSR count). The molecule has 0 spiro atoms. The smallest absolute Gasteiger partial charge is 0.342 e. The number of anilines is 1. The second-order valence-electron chi connectivity index (χ2n) is 8.98. The molecule has 0 bridgehead atoms. The van der Waals surface area contributed by atoms with Crippen LogP contribution in [0.25, 0.3) is 0 Å². The van der Waals surface area contributed by atoms with Crippen LogP contribution in [0.3, 0.4) is 0 Å². The van der Waals surface area contributed by atoms with Gasteiger partial charge in [-0.25, -0.2) is 4.79 Å². The highest BCUT2D eigenvalue weighted by Gasteiger charge is 2.33. The third-order valence-corrected chi connectivity index (χ3v) is 6.37. The van der Waals surface area contributed by atoms with Crippen LogP contribution in [0.4, 0.5) is 10.5 Å². The number of carbonyl (C=O) groups excluding carboxylic acids is 2. The first-order chi connectivity index (χ1) is 16.9. The summed E-state index contributed by atoms with van der Waals surface area (Å²) in [5, 5.41) is 17.1. The average molecular weight is 471 g/mol. The Morgan fingerprint density at radius 3 is 2.77 bits per heavy atom. The number of aromatic nitrogens is 2. The zero-order valence-electron chi connectivity index (χ0n) is 19.4. The van der Waals surface area contributed by atoms with Crippen molar-refractivity contribution >= 4 is 17.6 Å². The van der Waals surface area contributed by atoms with Gasteiger partial charge in [0, 0.05) is 25.2 Å². The highest BCUT2D eigenvalue weighted by Crippen LogP contribution is 2.33. The van der Waals surface area contributed by atoms with Crippen LogP contribution in [0.5, 0.6) is 5.75 Å². The van der Waals surface area contributed by atoms with Crippen LogP contribution in [-0.4, -0.2) is 52.1 Å². The average Bonchev–Trinajstić information content (AvgIpc) is 3.28. The maximum Gasteiger partial charge on any atom is 0.342 e. The molecule has 1 atom stereocenters. The van der Waals surface area contributed by atoms with E-state index in [1.807, 2.05) is 30.3 Å². The minimum absolute atomic E-state index is 0.00910. The molecule has 2 N–H and O–H groups in total. The number of fused-ring (bicyclic) bond motifs is 1. The number of hydrogen-bond donors (Lipinski definition) is 2. The fourth-order valence-electron chi connectivity index (χ4n) is 4.11. The normalized spacial score (nSPS) is 18.3. The number of nitrogens with zero attached hydrogens (tertiary/aromatic N) is 3. The lowest BCUT2D eigenvalue weighted by molar-refractivity contribution is -0.120. The third-order valence-electron chi connectivity index (χ3n) is 6.37. The van der Waals surface area contributed by atoms with Gasteiger partial charge < -0.3 is 20.1 Å². The molecule has 8 nitrogen and oxygen atoms in total. The summed E-state index contributed by atoms with van der Waals surface area (Å²) in [6, 6.07) is 13.8. The van der Waals surface area contributed by atoms with Crippen molar-refractivity contribution in [3.8, 4) is 17.6 Å². The number of aliphatic hydroxyl groups is 1. The minimum Gasteiger partial charge on any atom is -0.489 e. The molecule has 0 unspecified atom stereocenters. The summed E-state index contributed by atoms with van der Waals surface area (Å²) in [6.07, 6.45) is 6.28. The number of benzene rings is 2. The Morgan fingerprint density at radius 1 is 1.23 bits per heavy atom. The van der Waals surface area contributed by atoms with Crippen LogP contribution >= 0.6 is 0 Å². The highest BCUT2D eigenvalue weighted by molar-refractivity contribution is 6.00. The highest BCUT2D eigenvalue weighted by atomic mass is 16.5. The molecule has 1 aromatic heterocycles. The second kappa shape index (κ2) is 9.28. The summed E-state index contributed by atoms with van der Waals surface area (Å²) >= 11 is 0. The van der Waals surface area contributed by atoms with Gasteiger partial charge in [-0.15, -0.1) is 0 Å². The van der Waals surface area contributed by atoms with E-state index >= 15 is 0 Å². The van der Waals surface area contributed by atoms with Gasteiger partial charge >= 0.3 is 6.03 Å². The van der Waals surface area contributed by atoms with E-state index in [2.05, 4.69) is 22.3 Å². The number of likely N-dealkylation sites (N-methyl/N-ethyl adjacent to an activating group) is 1. The first-order valence-corrected chi connectivity index (χ1v) is 11.6. The van der Waals surface area contributed by atoms with Crippen LogP contribution in [-0.2, 0) is 11.2 Å². The fourth-order valence-corrected chi connectivity index (χ4v) is 4.11. The molecule has 3 aromatic rings. The van der Waals surface area contributed by atoms with Crippen molar-refractivity contribution in [3.05, 3.63) is 77.6 Å². The van der Waals surface area contributed by atoms with E-state index < -0.39 is 17.7 Å². The number of carbonyl (C=O) groups is 2. The van der Waals surface area contributed by atoms with Gasteiger partial charge in [0.05, 0.1) is 11.9 Å². The van der Waals surface area contributed by atoms with Crippen LogP contribution in [0.2, 0.25) is 0 Å². The van der Waals surface area contributed by atoms with E-state index in [-0.39, 0.29) is 12.5 Å². The third kappa shape index (κ3) is 4.91. The number of amides is 2. The minimum atomic E-state index is -0.909. The van der Waals surface area contributed by atoms with Gasteiger partial charge in [-0.05, 0) is 48.6 Å². The largest absolute Gasteiger partial charge is 0.489 e. The number of rotatable bonds is 3. The molecule has 0 saturated heterocycles. The summed E-state index contributed by atoms with van der Waals surface area (Å²) in [4.78, 5) is 27.4. The Kier molecular flexibility index (Phi) is 6.01. The van der Waals surface area contributed by atoms with E-state index in [4.69, 9.17) is 4.74 Å². The summed E-state index contributed by atoms with van der Waals surface area (Å²) in [5.74, 6) is 6.14. The Hall–Kier alpha value is -4.09. The zero-order chi connectivity index (χ0) is 24.4. The van der Waals surface area contributed by atoms with Crippen molar-refractivity contribution < 1.29 is 19.4 Å². The lowest BCUT2D eigenvalue weighted by Gasteiger charge is -2.30. The molecule has 2 aliphatic rings. The summed E-state index contributed by atoms with van der Waals surface area (Å²) in [5.41, 5.74) is 2.33. The van der Waals surface area contributed by atoms with E-state index in [1.54, 1.807) is 37.6 Å². The van der Waals surface area contributed by atoms with Crippen molar-refractivity contribution in [3.63, 3.8) is 0 Å². The van der Waals surface area contributed by atoms with E-state index in [9.17, 15) is 14.7 Å². The van der Waals surface area contributed by atoms with Crippen LogP contribution in [0.15, 0.2) is 60.9 Å². The Bertz CT molecular complexity index is 1320. The number of nitrogens with one attached hydrogen (secondary N) is 1. The van der Waals surface area contributed by atoms with Gasteiger partial charge in [0.2, 0.25) is 0 Å². The van der Waals surface area contributed by atoms with E-state index in [0.29, 0.717) is 36.3 Å². The maximum absolute atomic E-state index is 13.1. The molecule has 1 saturated carbocycles. The Balaban J connectivity index is 1.27. The summed E-state index contributed by atoms with van der Waals surface area (Å²) in [6.45, 7) is -0.00910. The molecular weight excluding hydrogens is 444 g/mol. The maximum atomic E-state index is 13.1. The van der Waals surface area contributed by atoms with Crippen LogP contribution in [0, 0.1) is 11.8 Å². The van der Waals surface area contributed by atoms with Gasteiger partial charge in [-0.1, -0.05) is 42.2 Å². The number of hydrogen-bond acceptors (Lipinski definition) is 5.